The lowest BCUT2D eigenvalue weighted by Crippen LogP contribution is -2.40. The molecule has 0 bridgehead atoms. The predicted molar refractivity (Wildman–Crippen MR) is 115 cm³/mol. The maximum atomic E-state index is 12.8. The molecule has 3 aromatic rings. The Morgan fingerprint density at radius 1 is 1.07 bits per heavy atom. The van der Waals surface area contributed by atoms with Crippen LogP contribution in [0.5, 0.6) is 0 Å². The molecule has 0 atom stereocenters. The van der Waals surface area contributed by atoms with E-state index in [1.54, 1.807) is 0 Å². The van der Waals surface area contributed by atoms with E-state index in [4.69, 9.17) is 0 Å². The minimum Gasteiger partial charge on any atom is -0.360 e. The van der Waals surface area contributed by atoms with Crippen LogP contribution in [0.3, 0.4) is 0 Å². The van der Waals surface area contributed by atoms with Gasteiger partial charge in [-0.25, -0.2) is 0 Å². The second-order valence-corrected chi connectivity index (χ2v) is 8.07. The van der Waals surface area contributed by atoms with Gasteiger partial charge in [0.2, 0.25) is 0 Å². The minimum atomic E-state index is 0.220. The molecule has 2 heterocycles. The number of aromatic amines is 1. The number of nitrogens with zero attached hydrogens (tertiary/aromatic N) is 2. The number of likely N-dealkylation sites (tertiary alicyclic amines) is 1. The summed E-state index contributed by atoms with van der Waals surface area (Å²) in [7, 11) is 2.21. The molecule has 0 unspecified atom stereocenters. The van der Waals surface area contributed by atoms with E-state index < -0.39 is 0 Å². The molecule has 4 rings (SSSR count). The summed E-state index contributed by atoms with van der Waals surface area (Å²) in [6, 6.07) is 18.7. The van der Waals surface area contributed by atoms with Gasteiger partial charge in [0.1, 0.15) is 0 Å². The third-order valence-corrected chi connectivity index (χ3v) is 5.83. The first-order valence-electron chi connectivity index (χ1n) is 10.2. The number of piperidine rings is 1. The molecule has 1 aliphatic rings. The first-order valence-corrected chi connectivity index (χ1v) is 10.2. The summed E-state index contributed by atoms with van der Waals surface area (Å²) in [6.07, 6.45) is 4.19. The van der Waals surface area contributed by atoms with Gasteiger partial charge in [-0.15, -0.1) is 0 Å². The van der Waals surface area contributed by atoms with Crippen LogP contribution in [0.2, 0.25) is 0 Å². The van der Waals surface area contributed by atoms with Gasteiger partial charge in [0.05, 0.1) is 6.54 Å². The number of para-hydroxylation sites is 1. The van der Waals surface area contributed by atoms with Gasteiger partial charge in [-0.1, -0.05) is 48.5 Å². The average molecular weight is 376 g/mol. The van der Waals surface area contributed by atoms with E-state index in [1.165, 1.54) is 18.4 Å². The normalized spacial score (nSPS) is 16.1. The molecule has 1 saturated heterocycles. The molecule has 1 aliphatic heterocycles. The van der Waals surface area contributed by atoms with Gasteiger partial charge in [0, 0.05) is 35.8 Å². The highest BCUT2D eigenvalue weighted by molar-refractivity contribution is 6.08. The van der Waals surface area contributed by atoms with E-state index in [2.05, 4.69) is 52.2 Å². The molecule has 28 heavy (non-hydrogen) atoms. The predicted octanol–water partition coefficient (Wildman–Crippen LogP) is 4.19. The second kappa shape index (κ2) is 8.72. The summed E-state index contributed by atoms with van der Waals surface area (Å²) in [5.41, 5.74) is 3.22. The highest BCUT2D eigenvalue weighted by atomic mass is 16.1. The van der Waals surface area contributed by atoms with Crippen molar-refractivity contribution in [2.45, 2.75) is 19.4 Å². The molecule has 1 aromatic heterocycles. The molecule has 4 nitrogen and oxygen atoms in total. The summed E-state index contributed by atoms with van der Waals surface area (Å²) in [5.74, 6) is 0.935. The number of hydrogen-bond acceptors (Lipinski definition) is 3. The molecule has 0 amide bonds. The molecular formula is C24H29N3O. The Balaban J connectivity index is 1.25. The number of rotatable bonds is 7. The number of carbonyl (C=O) groups excluding carboxylic acids is 1. The Hall–Kier alpha value is -2.43. The Morgan fingerprint density at radius 2 is 1.79 bits per heavy atom. The summed E-state index contributed by atoms with van der Waals surface area (Å²) in [4.78, 5) is 20.7. The quantitative estimate of drug-likeness (QED) is 0.629. The standard InChI is InChI=1S/C24H29N3O/c1-26(16-19-7-3-2-4-8-19)17-20-11-13-27(14-12-20)18-24(28)22-15-25-23-10-6-5-9-21(22)23/h2-10,15,20,25H,11-14,16-18H2,1H3. The van der Waals surface area contributed by atoms with E-state index in [0.717, 1.165) is 42.6 Å². The van der Waals surface area contributed by atoms with Crippen LogP contribution in [0.1, 0.15) is 28.8 Å². The summed E-state index contributed by atoms with van der Waals surface area (Å²) < 4.78 is 0. The zero-order chi connectivity index (χ0) is 19.3. The molecular weight excluding hydrogens is 346 g/mol. The third-order valence-electron chi connectivity index (χ3n) is 5.83. The minimum absolute atomic E-state index is 0.220. The molecule has 146 valence electrons. The van der Waals surface area contributed by atoms with Gasteiger partial charge >= 0.3 is 0 Å². The Morgan fingerprint density at radius 3 is 2.57 bits per heavy atom. The van der Waals surface area contributed by atoms with Crippen molar-refractivity contribution < 1.29 is 4.79 Å². The van der Waals surface area contributed by atoms with Gasteiger partial charge in [-0.05, 0) is 50.5 Å². The van der Waals surface area contributed by atoms with Crippen LogP contribution in [0.25, 0.3) is 10.9 Å². The zero-order valence-corrected chi connectivity index (χ0v) is 16.6. The van der Waals surface area contributed by atoms with Crippen LogP contribution in [-0.2, 0) is 6.54 Å². The molecule has 1 fully saturated rings. The number of Topliss-reactive ketones (excluding diaryl/α,β-unsaturated/α-hetero) is 1. The van der Waals surface area contributed by atoms with E-state index in [-0.39, 0.29) is 5.78 Å². The first kappa shape index (κ1) is 18.9. The van der Waals surface area contributed by atoms with Crippen LogP contribution < -0.4 is 0 Å². The highest BCUT2D eigenvalue weighted by Crippen LogP contribution is 2.21. The summed E-state index contributed by atoms with van der Waals surface area (Å²) in [5, 5.41) is 1.03. The van der Waals surface area contributed by atoms with E-state index in [1.807, 2.05) is 30.5 Å². The van der Waals surface area contributed by atoms with E-state index >= 15 is 0 Å². The number of ketones is 1. The molecule has 4 heteroatoms. The number of fused-ring (bicyclic) bond motifs is 1. The lowest BCUT2D eigenvalue weighted by atomic mass is 9.95. The van der Waals surface area contributed by atoms with Crippen LogP contribution in [-0.4, -0.2) is 53.8 Å². The Kier molecular flexibility index (Phi) is 5.89. The smallest absolute Gasteiger partial charge is 0.178 e. The third kappa shape index (κ3) is 4.51. The van der Waals surface area contributed by atoms with Crippen molar-refractivity contribution in [1.82, 2.24) is 14.8 Å². The fourth-order valence-electron chi connectivity index (χ4n) is 4.32. The lowest BCUT2D eigenvalue weighted by Gasteiger charge is -2.33. The van der Waals surface area contributed by atoms with Crippen LogP contribution >= 0.6 is 0 Å². The lowest BCUT2D eigenvalue weighted by molar-refractivity contribution is 0.0882. The number of nitrogens with one attached hydrogen (secondary N) is 1. The van der Waals surface area contributed by atoms with Gasteiger partial charge in [0.25, 0.3) is 0 Å². The highest BCUT2D eigenvalue weighted by Gasteiger charge is 2.23. The van der Waals surface area contributed by atoms with E-state index in [0.29, 0.717) is 12.5 Å². The molecule has 0 spiro atoms. The van der Waals surface area contributed by atoms with Crippen molar-refractivity contribution in [3.05, 3.63) is 71.9 Å². The average Bonchev–Trinajstić information content (AvgIpc) is 3.14. The van der Waals surface area contributed by atoms with Crippen molar-refractivity contribution in [3.63, 3.8) is 0 Å². The Bertz CT molecular complexity index is 910. The molecule has 2 aromatic carbocycles. The largest absolute Gasteiger partial charge is 0.360 e. The van der Waals surface area contributed by atoms with Gasteiger partial charge < -0.3 is 9.88 Å². The topological polar surface area (TPSA) is 39.3 Å². The molecule has 0 saturated carbocycles. The molecule has 0 aliphatic carbocycles. The number of hydrogen-bond donors (Lipinski definition) is 1. The van der Waals surface area contributed by atoms with Crippen LogP contribution in [0, 0.1) is 5.92 Å². The SMILES string of the molecule is CN(Cc1ccccc1)CC1CCN(CC(=O)c2c[nH]c3ccccc23)CC1. The Labute approximate surface area is 167 Å². The number of benzene rings is 2. The van der Waals surface area contributed by atoms with Crippen LogP contribution in [0.15, 0.2) is 60.8 Å². The zero-order valence-electron chi connectivity index (χ0n) is 16.6. The summed E-state index contributed by atoms with van der Waals surface area (Å²) in [6.45, 7) is 4.67. The van der Waals surface area contributed by atoms with Crippen LogP contribution in [0.4, 0.5) is 0 Å². The van der Waals surface area contributed by atoms with Crippen molar-refractivity contribution in [1.29, 1.82) is 0 Å². The number of H-pyrrole nitrogens is 1. The summed E-state index contributed by atoms with van der Waals surface area (Å²) >= 11 is 0. The van der Waals surface area contributed by atoms with Crippen molar-refractivity contribution in [2.75, 3.05) is 33.2 Å². The maximum Gasteiger partial charge on any atom is 0.178 e. The number of carbonyl (C=O) groups is 1. The van der Waals surface area contributed by atoms with Gasteiger partial charge in [0.15, 0.2) is 5.78 Å². The second-order valence-electron chi connectivity index (χ2n) is 8.07. The maximum absolute atomic E-state index is 12.8. The molecule has 1 N–H and O–H groups in total. The van der Waals surface area contributed by atoms with Gasteiger partial charge in [-0.2, -0.15) is 0 Å². The van der Waals surface area contributed by atoms with E-state index in [9.17, 15) is 4.79 Å². The van der Waals surface area contributed by atoms with Crippen molar-refractivity contribution >= 4 is 16.7 Å². The first-order chi connectivity index (χ1) is 13.7. The van der Waals surface area contributed by atoms with Crippen molar-refractivity contribution in [2.24, 2.45) is 5.92 Å². The molecule has 0 radical (unpaired) electrons. The van der Waals surface area contributed by atoms with Gasteiger partial charge in [-0.3, -0.25) is 9.69 Å². The van der Waals surface area contributed by atoms with Crippen molar-refractivity contribution in [3.8, 4) is 0 Å². The number of aromatic nitrogens is 1. The monoisotopic (exact) mass is 375 g/mol. The fourth-order valence-corrected chi connectivity index (χ4v) is 4.32. The fraction of sp³-hybridized carbons (Fsp3) is 0.375.